The maximum atomic E-state index is 15.4. The summed E-state index contributed by atoms with van der Waals surface area (Å²) in [5, 5.41) is 0. The molecule has 226 valence electrons. The van der Waals surface area contributed by atoms with Gasteiger partial charge in [-0.3, -0.25) is 9.59 Å². The summed E-state index contributed by atoms with van der Waals surface area (Å²) in [6, 6.07) is 21.2. The number of hydrogen-bond acceptors (Lipinski definition) is 2. The summed E-state index contributed by atoms with van der Waals surface area (Å²) in [6.45, 7) is 13.9. The molecule has 0 heterocycles. The van der Waals surface area contributed by atoms with Crippen molar-refractivity contribution in [1.29, 1.82) is 0 Å². The van der Waals surface area contributed by atoms with Gasteiger partial charge in [-0.15, -0.1) is 0 Å². The molecule has 6 rings (SSSR count). The van der Waals surface area contributed by atoms with Crippen molar-refractivity contribution >= 4 is 43.4 Å². The Balaban J connectivity index is 1.51. The van der Waals surface area contributed by atoms with E-state index in [1.54, 1.807) is 0 Å². The van der Waals surface area contributed by atoms with E-state index in [4.69, 9.17) is 0 Å². The van der Waals surface area contributed by atoms with Crippen molar-refractivity contribution in [2.45, 2.75) is 103 Å². The molecule has 4 heteroatoms. The van der Waals surface area contributed by atoms with E-state index in [0.717, 1.165) is 51.4 Å². The summed E-state index contributed by atoms with van der Waals surface area (Å²) in [5.41, 5.74) is 0.158. The third kappa shape index (κ3) is 3.72. The van der Waals surface area contributed by atoms with Crippen LogP contribution in [0.15, 0.2) is 60.7 Å². The zero-order valence-corrected chi connectivity index (χ0v) is 29.5. The molecule has 8 atom stereocenters. The van der Waals surface area contributed by atoms with Gasteiger partial charge in [0, 0.05) is 31.3 Å². The van der Waals surface area contributed by atoms with Gasteiger partial charge < -0.3 is 0 Å². The molecule has 0 aliphatic heterocycles. The second kappa shape index (κ2) is 10.1. The summed E-state index contributed by atoms with van der Waals surface area (Å²) < 4.78 is 0. The van der Waals surface area contributed by atoms with E-state index < -0.39 is 10.8 Å². The van der Waals surface area contributed by atoms with Crippen LogP contribution in [0.25, 0.3) is 0 Å². The molecule has 0 amide bonds. The summed E-state index contributed by atoms with van der Waals surface area (Å²) in [7, 11) is 0. The van der Waals surface area contributed by atoms with E-state index in [-0.39, 0.29) is 43.2 Å². The number of carbonyl (C=O) groups is 2. The van der Waals surface area contributed by atoms with Gasteiger partial charge in [0.15, 0.2) is 0 Å². The molecule has 2 aromatic carbocycles. The normalized spacial score (nSPS) is 39.1. The largest absolute Gasteiger partial charge is 0.298 e. The van der Waals surface area contributed by atoms with E-state index in [0.29, 0.717) is 11.6 Å². The highest BCUT2D eigenvalue weighted by Crippen LogP contribution is 2.83. The number of fused-ring (bicyclic) bond motifs is 4. The van der Waals surface area contributed by atoms with E-state index in [9.17, 15) is 0 Å². The van der Waals surface area contributed by atoms with Crippen LogP contribution in [0, 0.1) is 44.3 Å². The molecule has 4 aliphatic rings. The smallest absolute Gasteiger partial charge is 0.146 e. The van der Waals surface area contributed by atoms with Crippen molar-refractivity contribution < 1.29 is 9.59 Å². The van der Waals surface area contributed by atoms with Crippen LogP contribution in [-0.4, -0.2) is 11.6 Å². The molecule has 4 saturated carbocycles. The van der Waals surface area contributed by atoms with E-state index in [2.05, 4.69) is 134 Å². The molecule has 2 nitrogen and oxygen atoms in total. The number of halogens is 2. The summed E-state index contributed by atoms with van der Waals surface area (Å²) in [6.07, 6.45) is 7.23. The summed E-state index contributed by atoms with van der Waals surface area (Å²) in [5.74, 6) is 1.25. The van der Waals surface area contributed by atoms with Crippen molar-refractivity contribution in [2.24, 2.45) is 44.3 Å². The van der Waals surface area contributed by atoms with Gasteiger partial charge in [-0.1, -0.05) is 134 Å². The number of rotatable bonds is 9. The molecular formula is C38H48Br2O2. The zero-order valence-electron chi connectivity index (χ0n) is 26.3. The Morgan fingerprint density at radius 2 is 0.952 bits per heavy atom. The highest BCUT2D eigenvalue weighted by atomic mass is 79.9. The minimum absolute atomic E-state index is 0.133. The third-order valence-corrected chi connectivity index (χ3v) is 16.1. The monoisotopic (exact) mass is 694 g/mol. The van der Waals surface area contributed by atoms with Crippen molar-refractivity contribution in [3.63, 3.8) is 0 Å². The van der Waals surface area contributed by atoms with Crippen molar-refractivity contribution in [3.05, 3.63) is 71.8 Å². The lowest BCUT2D eigenvalue weighted by Crippen LogP contribution is -2.60. The molecule has 0 radical (unpaired) electrons. The Morgan fingerprint density at radius 3 is 1.24 bits per heavy atom. The molecule has 42 heavy (non-hydrogen) atoms. The van der Waals surface area contributed by atoms with Crippen LogP contribution in [0.2, 0.25) is 0 Å². The molecule has 0 spiro atoms. The highest BCUT2D eigenvalue weighted by molar-refractivity contribution is 9.09. The van der Waals surface area contributed by atoms with E-state index in [1.165, 1.54) is 11.1 Å². The first-order valence-corrected chi connectivity index (χ1v) is 18.0. The second-order valence-corrected chi connectivity index (χ2v) is 17.9. The number of ketones is 2. The Hall–Kier alpha value is -1.26. The predicted octanol–water partition coefficient (Wildman–Crippen LogP) is 10.8. The van der Waals surface area contributed by atoms with Gasteiger partial charge >= 0.3 is 0 Å². The summed E-state index contributed by atoms with van der Waals surface area (Å²) >= 11 is 8.07. The lowest BCUT2D eigenvalue weighted by atomic mass is 9.45. The highest BCUT2D eigenvalue weighted by Gasteiger charge is 2.85. The van der Waals surface area contributed by atoms with Gasteiger partial charge in [0.05, 0.1) is 0 Å². The Labute approximate surface area is 270 Å². The minimum Gasteiger partial charge on any atom is -0.298 e. The number of benzene rings is 2. The lowest BCUT2D eigenvalue weighted by Gasteiger charge is -2.56. The molecular weight excluding hydrogens is 648 g/mol. The topological polar surface area (TPSA) is 34.1 Å². The van der Waals surface area contributed by atoms with Gasteiger partial charge in [0.25, 0.3) is 0 Å². The van der Waals surface area contributed by atoms with Gasteiger partial charge in [-0.25, -0.2) is 0 Å². The third-order valence-electron chi connectivity index (χ3n) is 14.2. The van der Waals surface area contributed by atoms with Crippen LogP contribution in [0.3, 0.4) is 0 Å². The van der Waals surface area contributed by atoms with Crippen LogP contribution in [-0.2, 0) is 9.59 Å². The average Bonchev–Trinajstić information content (AvgIpc) is 3.46. The van der Waals surface area contributed by atoms with Crippen LogP contribution in [0.1, 0.15) is 114 Å². The SMILES string of the molecule is CC1(C)[C@@H]2CC[C@@]1(C)C(=O)[C@@]2(CC[C@H](Br)c1ccccc1)[C@@]1(CC[C@@H](Br)c2ccccc2)C(=O)[C@@]2(C)CC[C@H]1C2(C)C. The van der Waals surface area contributed by atoms with Crippen LogP contribution in [0.5, 0.6) is 0 Å². The van der Waals surface area contributed by atoms with Gasteiger partial charge in [0.1, 0.15) is 11.6 Å². The molecule has 0 N–H and O–H groups in total. The number of alkyl halides is 2. The van der Waals surface area contributed by atoms with Crippen LogP contribution >= 0.6 is 31.9 Å². The fourth-order valence-corrected chi connectivity index (χ4v) is 12.3. The van der Waals surface area contributed by atoms with Crippen molar-refractivity contribution in [2.75, 3.05) is 0 Å². The van der Waals surface area contributed by atoms with Crippen LogP contribution < -0.4 is 0 Å². The summed E-state index contributed by atoms with van der Waals surface area (Å²) in [4.78, 5) is 31.2. The standard InChI is InChI=1S/C38H48Br2O2/c1-33(2)29-19-21-35(33,5)31(41)37(29,23-17-27(39)25-13-9-7-10-14-25)38(24-18-28(40)26-15-11-8-12-16-26)30-20-22-36(6,32(38)42)34(30,3)4/h7-16,27-30H,17-24H2,1-6H3/t27-,28+,29-,30-,35-,36+,37-,38+/m0/s1. The Morgan fingerprint density at radius 1 is 0.619 bits per heavy atom. The van der Waals surface area contributed by atoms with Gasteiger partial charge in [0.2, 0.25) is 0 Å². The maximum Gasteiger partial charge on any atom is 0.146 e. The van der Waals surface area contributed by atoms with Gasteiger partial charge in [-0.05, 0) is 85.2 Å². The fourth-order valence-electron chi connectivity index (χ4n) is 11.3. The quantitative estimate of drug-likeness (QED) is 0.245. The minimum atomic E-state index is -0.648. The maximum absolute atomic E-state index is 15.4. The zero-order chi connectivity index (χ0) is 30.3. The molecule has 0 unspecified atom stereocenters. The lowest BCUT2D eigenvalue weighted by molar-refractivity contribution is -0.167. The number of carbonyl (C=O) groups excluding carboxylic acids is 2. The fraction of sp³-hybridized carbons (Fsp3) is 0.632. The van der Waals surface area contributed by atoms with E-state index in [1.807, 2.05) is 0 Å². The van der Waals surface area contributed by atoms with Crippen molar-refractivity contribution in [3.8, 4) is 0 Å². The first kappa shape index (κ1) is 30.8. The molecule has 2 aromatic rings. The first-order valence-electron chi connectivity index (χ1n) is 16.2. The number of Topliss-reactive ketones (excluding diaryl/α,β-unsaturated/α-hetero) is 2. The Kier molecular flexibility index (Phi) is 7.42. The second-order valence-electron chi connectivity index (χ2n) is 15.7. The average molecular weight is 697 g/mol. The molecule has 0 aromatic heterocycles. The van der Waals surface area contributed by atoms with Gasteiger partial charge in [-0.2, -0.15) is 0 Å². The van der Waals surface area contributed by atoms with Crippen LogP contribution in [0.4, 0.5) is 0 Å². The molecule has 0 saturated heterocycles. The molecule has 4 aliphatic carbocycles. The first-order chi connectivity index (χ1) is 19.7. The Bertz CT molecular complexity index is 1260. The molecule has 4 bridgehead atoms. The number of hydrogen-bond donors (Lipinski definition) is 0. The van der Waals surface area contributed by atoms with Crippen molar-refractivity contribution in [1.82, 2.24) is 0 Å². The molecule has 4 fully saturated rings. The predicted molar refractivity (Wildman–Crippen MR) is 179 cm³/mol. The van der Waals surface area contributed by atoms with E-state index >= 15 is 9.59 Å².